The highest BCUT2D eigenvalue weighted by atomic mass is 19.3. The number of halogens is 3. The van der Waals surface area contributed by atoms with Crippen LogP contribution in [-0.2, 0) is 29.7 Å². The van der Waals surface area contributed by atoms with E-state index in [1.54, 1.807) is 54.7 Å². The zero-order chi connectivity index (χ0) is 27.8. The number of methoxy groups -OCH3 is 1. The second kappa shape index (κ2) is 10.3. The minimum Gasteiger partial charge on any atom is -0.465 e. The summed E-state index contributed by atoms with van der Waals surface area (Å²) >= 11 is 0. The number of carbonyl (C=O) groups is 1. The lowest BCUT2D eigenvalue weighted by Gasteiger charge is -2.35. The fourth-order valence-electron chi connectivity index (χ4n) is 5.21. The number of carbonyl (C=O) groups excluding carboxylic acids is 1. The number of alkyl halides is 2. The van der Waals surface area contributed by atoms with E-state index in [2.05, 4.69) is 4.99 Å². The van der Waals surface area contributed by atoms with Gasteiger partial charge in [-0.25, -0.2) is 18.0 Å². The molecule has 2 atom stereocenters. The summed E-state index contributed by atoms with van der Waals surface area (Å²) in [6, 6.07) is 18.1. The summed E-state index contributed by atoms with van der Waals surface area (Å²) in [6.07, 6.45) is 5.19. The van der Waals surface area contributed by atoms with E-state index in [4.69, 9.17) is 4.74 Å². The van der Waals surface area contributed by atoms with E-state index < -0.39 is 24.0 Å². The number of aliphatic hydroxyl groups is 1. The molecule has 39 heavy (non-hydrogen) atoms. The van der Waals surface area contributed by atoms with Gasteiger partial charge in [0.25, 0.3) is 5.92 Å². The van der Waals surface area contributed by atoms with E-state index in [-0.39, 0.29) is 23.0 Å². The average Bonchev–Trinajstić information content (AvgIpc) is 3.15. The highest BCUT2D eigenvalue weighted by Crippen LogP contribution is 2.41. The largest absolute Gasteiger partial charge is 0.465 e. The molecule has 0 saturated heterocycles. The second-order valence-corrected chi connectivity index (χ2v) is 10.1. The van der Waals surface area contributed by atoms with Crippen LogP contribution >= 0.6 is 0 Å². The lowest BCUT2D eigenvalue weighted by Crippen LogP contribution is -2.46. The zero-order valence-corrected chi connectivity index (χ0v) is 21.7. The predicted octanol–water partition coefficient (Wildman–Crippen LogP) is 6.09. The van der Waals surface area contributed by atoms with Crippen molar-refractivity contribution in [3.8, 4) is 0 Å². The molecule has 5 nitrogen and oxygen atoms in total. The molecule has 3 aromatic carbocycles. The number of hydrogen-bond donors (Lipinski definition) is 1. The van der Waals surface area contributed by atoms with Crippen molar-refractivity contribution in [1.29, 1.82) is 0 Å². The molecule has 4 aromatic rings. The van der Waals surface area contributed by atoms with Gasteiger partial charge >= 0.3 is 5.97 Å². The first kappa shape index (κ1) is 26.7. The van der Waals surface area contributed by atoms with Crippen LogP contribution < -0.4 is 0 Å². The third-order valence-corrected chi connectivity index (χ3v) is 7.50. The molecule has 0 radical (unpaired) electrons. The van der Waals surface area contributed by atoms with Crippen molar-refractivity contribution >= 4 is 23.1 Å². The van der Waals surface area contributed by atoms with E-state index in [9.17, 15) is 14.3 Å². The Morgan fingerprint density at radius 1 is 1.13 bits per heavy atom. The maximum atomic E-state index is 15.2. The van der Waals surface area contributed by atoms with Crippen molar-refractivity contribution in [1.82, 2.24) is 4.57 Å². The second-order valence-electron chi connectivity index (χ2n) is 10.1. The van der Waals surface area contributed by atoms with Gasteiger partial charge in [0.1, 0.15) is 5.82 Å². The van der Waals surface area contributed by atoms with E-state index in [0.29, 0.717) is 36.2 Å². The fourth-order valence-corrected chi connectivity index (χ4v) is 5.21. The smallest absolute Gasteiger partial charge is 0.340 e. The van der Waals surface area contributed by atoms with Crippen LogP contribution in [0.2, 0.25) is 0 Å². The highest BCUT2D eigenvalue weighted by Gasteiger charge is 2.50. The van der Waals surface area contributed by atoms with Crippen LogP contribution in [0.3, 0.4) is 0 Å². The van der Waals surface area contributed by atoms with E-state index in [0.717, 1.165) is 17.5 Å². The van der Waals surface area contributed by atoms with Crippen LogP contribution in [0.25, 0.3) is 10.9 Å². The Labute approximate surface area is 224 Å². The number of aryl methyl sites for hydroxylation is 1. The molecule has 1 aliphatic rings. The van der Waals surface area contributed by atoms with Crippen molar-refractivity contribution < 1.29 is 27.8 Å². The monoisotopic (exact) mass is 534 g/mol. The zero-order valence-electron chi connectivity index (χ0n) is 21.7. The molecule has 5 rings (SSSR count). The number of aromatic nitrogens is 1. The summed E-state index contributed by atoms with van der Waals surface area (Å²) in [5, 5.41) is 12.2. The van der Waals surface area contributed by atoms with Crippen molar-refractivity contribution in [2.75, 3.05) is 7.11 Å². The van der Waals surface area contributed by atoms with E-state index in [1.807, 2.05) is 0 Å². The lowest BCUT2D eigenvalue weighted by atomic mass is 9.85. The highest BCUT2D eigenvalue weighted by molar-refractivity contribution is 6.04. The van der Waals surface area contributed by atoms with Gasteiger partial charge in [0, 0.05) is 30.2 Å². The predicted molar refractivity (Wildman–Crippen MR) is 144 cm³/mol. The summed E-state index contributed by atoms with van der Waals surface area (Å²) in [5.41, 5.74) is 0.821. The van der Waals surface area contributed by atoms with Crippen molar-refractivity contribution in [3.05, 3.63) is 107 Å². The Bertz CT molecular complexity index is 1540. The van der Waals surface area contributed by atoms with Gasteiger partial charge in [-0.15, -0.1) is 0 Å². The number of rotatable bonds is 7. The lowest BCUT2D eigenvalue weighted by molar-refractivity contribution is -0.183. The topological polar surface area (TPSA) is 63.8 Å². The van der Waals surface area contributed by atoms with Gasteiger partial charge < -0.3 is 14.4 Å². The molecule has 0 amide bonds. The van der Waals surface area contributed by atoms with Gasteiger partial charge in [0.05, 0.1) is 25.3 Å². The van der Waals surface area contributed by atoms with Gasteiger partial charge in [-0.3, -0.25) is 4.99 Å². The fraction of sp³-hybridized carbons (Fsp3) is 0.290. The minimum absolute atomic E-state index is 0.0409. The normalized spacial score (nSPS) is 16.9. The number of hydrogen-bond acceptors (Lipinski definition) is 4. The van der Waals surface area contributed by atoms with Crippen molar-refractivity contribution in [3.63, 3.8) is 0 Å². The van der Waals surface area contributed by atoms with Gasteiger partial charge in [-0.2, -0.15) is 0 Å². The molecule has 0 fully saturated rings. The summed E-state index contributed by atoms with van der Waals surface area (Å²) < 4.78 is 50.0. The maximum Gasteiger partial charge on any atom is 0.340 e. The van der Waals surface area contributed by atoms with Gasteiger partial charge in [0.15, 0.2) is 5.60 Å². The quantitative estimate of drug-likeness (QED) is 0.292. The molecule has 0 bridgehead atoms. The first-order valence-electron chi connectivity index (χ1n) is 12.8. The third kappa shape index (κ3) is 5.21. The number of esters is 1. The first-order chi connectivity index (χ1) is 18.6. The van der Waals surface area contributed by atoms with Crippen LogP contribution in [-0.4, -0.2) is 40.9 Å². The van der Waals surface area contributed by atoms with Gasteiger partial charge in [-0.1, -0.05) is 42.5 Å². The SMILES string of the molecule is COC(=O)c1cn(CC(O)(c2ccc3c(c2)C=NC(Cc2ccc(F)cc2)CC3)C(C)(F)F)c2ccccc12. The standard InChI is InChI=1S/C31H29F3N2O3/c1-30(33,34)31(38,19-36-18-27(29(37)39-2)26-5-3-4-6-28(26)36)23-11-9-21-10-14-25(35-17-22(21)16-23)15-20-7-12-24(32)13-8-20/h3-9,11-13,16-18,25,38H,10,14-15,19H2,1-2H3. The molecule has 1 N–H and O–H groups in total. The molecular formula is C31H29F3N2O3. The van der Waals surface area contributed by atoms with Crippen LogP contribution in [0.1, 0.15) is 46.0 Å². The van der Waals surface area contributed by atoms with E-state index >= 15 is 8.78 Å². The Hall–Kier alpha value is -3.91. The summed E-state index contributed by atoms with van der Waals surface area (Å²) in [6.45, 7) is 0.204. The Morgan fingerprint density at radius 3 is 2.59 bits per heavy atom. The molecule has 8 heteroatoms. The number of ether oxygens (including phenoxy) is 1. The molecule has 0 aliphatic carbocycles. The molecule has 0 spiro atoms. The maximum absolute atomic E-state index is 15.2. The molecule has 1 aromatic heterocycles. The number of aliphatic imine (C=N–C) groups is 1. The van der Waals surface area contributed by atoms with Crippen LogP contribution in [0, 0.1) is 5.82 Å². The van der Waals surface area contributed by atoms with Crippen LogP contribution in [0.4, 0.5) is 13.2 Å². The van der Waals surface area contributed by atoms with E-state index in [1.165, 1.54) is 36.1 Å². The number of benzene rings is 3. The van der Waals surface area contributed by atoms with Crippen molar-refractivity contribution in [2.45, 2.75) is 50.3 Å². The third-order valence-electron chi connectivity index (χ3n) is 7.50. The van der Waals surface area contributed by atoms with Crippen LogP contribution in [0.15, 0.2) is 77.9 Å². The molecule has 1 aliphatic heterocycles. The Morgan fingerprint density at radius 2 is 1.87 bits per heavy atom. The molecule has 2 unspecified atom stereocenters. The number of para-hydroxylation sites is 1. The number of nitrogens with zero attached hydrogens (tertiary/aromatic N) is 2. The summed E-state index contributed by atoms with van der Waals surface area (Å²) in [4.78, 5) is 17.0. The molecule has 202 valence electrons. The molecular weight excluding hydrogens is 505 g/mol. The first-order valence-corrected chi connectivity index (χ1v) is 12.8. The average molecular weight is 535 g/mol. The molecule has 0 saturated carbocycles. The number of fused-ring (bicyclic) bond motifs is 2. The van der Waals surface area contributed by atoms with Crippen molar-refractivity contribution in [2.24, 2.45) is 4.99 Å². The Balaban J connectivity index is 1.48. The van der Waals surface area contributed by atoms with Gasteiger partial charge in [0.2, 0.25) is 0 Å². The Kier molecular flexibility index (Phi) is 7.07. The van der Waals surface area contributed by atoms with Crippen LogP contribution in [0.5, 0.6) is 0 Å². The molecule has 2 heterocycles. The summed E-state index contributed by atoms with van der Waals surface area (Å²) in [7, 11) is 1.26. The van der Waals surface area contributed by atoms with Gasteiger partial charge in [-0.05, 0) is 65.8 Å². The minimum atomic E-state index is -3.52. The summed E-state index contributed by atoms with van der Waals surface area (Å²) in [5.74, 6) is -4.41.